The summed E-state index contributed by atoms with van der Waals surface area (Å²) in [6.45, 7) is 3.96. The van der Waals surface area contributed by atoms with Crippen molar-refractivity contribution in [1.29, 1.82) is 0 Å². The monoisotopic (exact) mass is 311 g/mol. The number of esters is 1. The van der Waals surface area contributed by atoms with Crippen molar-refractivity contribution < 1.29 is 9.53 Å². The lowest BCUT2D eigenvalue weighted by molar-refractivity contribution is 0.0736. The van der Waals surface area contributed by atoms with Gasteiger partial charge in [0.15, 0.2) is 5.75 Å². The fourth-order valence-corrected chi connectivity index (χ4v) is 2.44. The molecule has 0 aliphatic rings. The first-order valence-corrected chi connectivity index (χ1v) is 7.27. The summed E-state index contributed by atoms with van der Waals surface area (Å²) in [5, 5.41) is 1.34. The van der Waals surface area contributed by atoms with Crippen molar-refractivity contribution >= 4 is 28.5 Å². The second-order valence-electron chi connectivity index (χ2n) is 5.13. The Kier molecular flexibility index (Phi) is 3.82. The molecule has 3 nitrogen and oxygen atoms in total. The minimum atomic E-state index is -0.405. The van der Waals surface area contributed by atoms with E-state index in [1.54, 1.807) is 30.5 Å². The molecule has 2 aromatic carbocycles. The molecule has 4 heteroatoms. The maximum atomic E-state index is 12.3. The second kappa shape index (κ2) is 5.78. The highest BCUT2D eigenvalue weighted by molar-refractivity contribution is 6.35. The van der Waals surface area contributed by atoms with Gasteiger partial charge in [0.1, 0.15) is 5.52 Å². The van der Waals surface area contributed by atoms with Crippen LogP contribution in [0.1, 0.15) is 21.5 Å². The molecule has 22 heavy (non-hydrogen) atoms. The Bertz CT molecular complexity index is 874. The average molecular weight is 312 g/mol. The van der Waals surface area contributed by atoms with Crippen LogP contribution in [0.4, 0.5) is 0 Å². The Hall–Kier alpha value is -2.39. The maximum Gasteiger partial charge on any atom is 0.343 e. The Balaban J connectivity index is 1.98. The smallest absolute Gasteiger partial charge is 0.343 e. The molecule has 0 unspecified atom stereocenters. The SMILES string of the molecule is Cc1ccc(C(=O)Oc2ccc(Cl)c3cccnc23)cc1C. The van der Waals surface area contributed by atoms with Gasteiger partial charge >= 0.3 is 5.97 Å². The summed E-state index contributed by atoms with van der Waals surface area (Å²) in [7, 11) is 0. The molecule has 0 aliphatic carbocycles. The van der Waals surface area contributed by atoms with Gasteiger partial charge in [0.05, 0.1) is 10.6 Å². The largest absolute Gasteiger partial charge is 0.421 e. The van der Waals surface area contributed by atoms with Gasteiger partial charge in [-0.1, -0.05) is 17.7 Å². The predicted molar refractivity (Wildman–Crippen MR) is 87.6 cm³/mol. The number of hydrogen-bond acceptors (Lipinski definition) is 3. The van der Waals surface area contributed by atoms with Crippen LogP contribution in [-0.2, 0) is 0 Å². The quantitative estimate of drug-likeness (QED) is 0.507. The zero-order valence-electron chi connectivity index (χ0n) is 12.3. The molecule has 0 saturated carbocycles. The van der Waals surface area contributed by atoms with Crippen LogP contribution in [-0.4, -0.2) is 11.0 Å². The Morgan fingerprint density at radius 2 is 1.91 bits per heavy atom. The van der Waals surface area contributed by atoms with Gasteiger partial charge in [-0.25, -0.2) is 4.79 Å². The Morgan fingerprint density at radius 1 is 1.09 bits per heavy atom. The summed E-state index contributed by atoms with van der Waals surface area (Å²) in [6.07, 6.45) is 1.64. The molecule has 1 aromatic heterocycles. The van der Waals surface area contributed by atoms with E-state index in [2.05, 4.69) is 4.98 Å². The van der Waals surface area contributed by atoms with E-state index in [0.717, 1.165) is 16.5 Å². The predicted octanol–water partition coefficient (Wildman–Crippen LogP) is 4.72. The van der Waals surface area contributed by atoms with Crippen LogP contribution in [0.15, 0.2) is 48.7 Å². The molecular weight excluding hydrogens is 298 g/mol. The van der Waals surface area contributed by atoms with Crippen LogP contribution in [0.3, 0.4) is 0 Å². The fraction of sp³-hybridized carbons (Fsp3) is 0.111. The zero-order chi connectivity index (χ0) is 15.7. The lowest BCUT2D eigenvalue weighted by atomic mass is 10.1. The molecular formula is C18H14ClNO2. The van der Waals surface area contributed by atoms with E-state index >= 15 is 0 Å². The summed E-state index contributed by atoms with van der Waals surface area (Å²) in [6, 6.07) is 12.5. The third-order valence-electron chi connectivity index (χ3n) is 3.62. The van der Waals surface area contributed by atoms with Gasteiger partial charge in [-0.3, -0.25) is 4.98 Å². The third-order valence-corrected chi connectivity index (χ3v) is 3.95. The highest BCUT2D eigenvalue weighted by atomic mass is 35.5. The minimum absolute atomic E-state index is 0.405. The molecule has 0 radical (unpaired) electrons. The Morgan fingerprint density at radius 3 is 2.68 bits per heavy atom. The number of aryl methyl sites for hydroxylation is 2. The molecule has 0 aliphatic heterocycles. The van der Waals surface area contributed by atoms with E-state index in [-0.39, 0.29) is 0 Å². The summed E-state index contributed by atoms with van der Waals surface area (Å²) < 4.78 is 5.50. The third kappa shape index (κ3) is 2.68. The van der Waals surface area contributed by atoms with Crippen LogP contribution in [0, 0.1) is 13.8 Å². The normalized spacial score (nSPS) is 10.7. The number of rotatable bonds is 2. The first-order valence-electron chi connectivity index (χ1n) is 6.89. The van der Waals surface area contributed by atoms with Crippen LogP contribution >= 0.6 is 11.6 Å². The van der Waals surface area contributed by atoms with Crippen LogP contribution in [0.2, 0.25) is 5.02 Å². The first kappa shape index (κ1) is 14.5. The number of fused-ring (bicyclic) bond motifs is 1. The van der Waals surface area contributed by atoms with Crippen molar-refractivity contribution in [3.8, 4) is 5.75 Å². The van der Waals surface area contributed by atoms with Crippen LogP contribution < -0.4 is 4.74 Å². The lowest BCUT2D eigenvalue weighted by Gasteiger charge is -2.09. The summed E-state index contributed by atoms with van der Waals surface area (Å²) in [5.74, 6) is 0.000559. The van der Waals surface area contributed by atoms with E-state index in [1.165, 1.54) is 0 Å². The van der Waals surface area contributed by atoms with Crippen molar-refractivity contribution in [1.82, 2.24) is 4.98 Å². The number of nitrogens with zero attached hydrogens (tertiary/aromatic N) is 1. The molecule has 0 atom stereocenters. The fourth-order valence-electron chi connectivity index (χ4n) is 2.22. The Labute approximate surface area is 133 Å². The molecule has 0 bridgehead atoms. The number of carbonyl (C=O) groups excluding carboxylic acids is 1. The van der Waals surface area contributed by atoms with Crippen LogP contribution in [0.5, 0.6) is 5.75 Å². The average Bonchev–Trinajstić information content (AvgIpc) is 2.53. The molecule has 110 valence electrons. The second-order valence-corrected chi connectivity index (χ2v) is 5.54. The van der Waals surface area contributed by atoms with Crippen molar-refractivity contribution in [2.45, 2.75) is 13.8 Å². The van der Waals surface area contributed by atoms with E-state index < -0.39 is 5.97 Å². The molecule has 0 amide bonds. The van der Waals surface area contributed by atoms with E-state index in [9.17, 15) is 4.79 Å². The maximum absolute atomic E-state index is 12.3. The van der Waals surface area contributed by atoms with Gasteiger partial charge in [0, 0.05) is 11.6 Å². The number of ether oxygens (including phenoxy) is 1. The lowest BCUT2D eigenvalue weighted by Crippen LogP contribution is -2.09. The van der Waals surface area contributed by atoms with Crippen molar-refractivity contribution in [3.05, 3.63) is 70.4 Å². The van der Waals surface area contributed by atoms with Crippen molar-refractivity contribution in [2.24, 2.45) is 0 Å². The molecule has 3 aromatic rings. The van der Waals surface area contributed by atoms with E-state index in [1.807, 2.05) is 32.0 Å². The van der Waals surface area contributed by atoms with Gasteiger partial charge in [0.25, 0.3) is 0 Å². The first-order chi connectivity index (χ1) is 10.6. The molecule has 0 saturated heterocycles. The molecule has 0 fully saturated rings. The number of halogens is 1. The number of aromatic nitrogens is 1. The molecule has 1 heterocycles. The minimum Gasteiger partial charge on any atom is -0.421 e. The standard InChI is InChI=1S/C18H14ClNO2/c1-11-5-6-13(10-12(11)2)18(21)22-16-8-7-15(19)14-4-3-9-20-17(14)16/h3-10H,1-2H3. The van der Waals surface area contributed by atoms with Gasteiger partial charge in [-0.15, -0.1) is 0 Å². The highest BCUT2D eigenvalue weighted by Gasteiger charge is 2.13. The van der Waals surface area contributed by atoms with Crippen molar-refractivity contribution in [3.63, 3.8) is 0 Å². The number of benzene rings is 2. The number of carbonyl (C=O) groups is 1. The van der Waals surface area contributed by atoms with E-state index in [4.69, 9.17) is 16.3 Å². The van der Waals surface area contributed by atoms with Gasteiger partial charge in [-0.2, -0.15) is 0 Å². The van der Waals surface area contributed by atoms with Crippen molar-refractivity contribution in [2.75, 3.05) is 0 Å². The number of hydrogen-bond donors (Lipinski definition) is 0. The van der Waals surface area contributed by atoms with E-state index in [0.29, 0.717) is 21.9 Å². The van der Waals surface area contributed by atoms with Gasteiger partial charge in [0.2, 0.25) is 0 Å². The molecule has 3 rings (SSSR count). The summed E-state index contributed by atoms with van der Waals surface area (Å²) in [5.41, 5.74) is 3.28. The van der Waals surface area contributed by atoms with Crippen LogP contribution in [0.25, 0.3) is 10.9 Å². The molecule has 0 spiro atoms. The number of pyridine rings is 1. The van der Waals surface area contributed by atoms with Gasteiger partial charge < -0.3 is 4.74 Å². The van der Waals surface area contributed by atoms with Gasteiger partial charge in [-0.05, 0) is 61.4 Å². The molecule has 0 N–H and O–H groups in total. The highest BCUT2D eigenvalue weighted by Crippen LogP contribution is 2.30. The zero-order valence-corrected chi connectivity index (χ0v) is 13.0. The summed E-state index contributed by atoms with van der Waals surface area (Å²) in [4.78, 5) is 16.6. The summed E-state index contributed by atoms with van der Waals surface area (Å²) >= 11 is 6.14. The topological polar surface area (TPSA) is 39.2 Å².